The van der Waals surface area contributed by atoms with Crippen LogP contribution >= 0.6 is 0 Å². The maximum atomic E-state index is 8.76. The van der Waals surface area contributed by atoms with E-state index in [1.54, 1.807) is 6.07 Å². The van der Waals surface area contributed by atoms with Gasteiger partial charge >= 0.3 is 0 Å². The van der Waals surface area contributed by atoms with Gasteiger partial charge in [-0.25, -0.2) is 0 Å². The van der Waals surface area contributed by atoms with Crippen LogP contribution in [-0.2, 0) is 6.61 Å². The van der Waals surface area contributed by atoms with E-state index in [0.29, 0.717) is 5.76 Å². The van der Waals surface area contributed by atoms with E-state index >= 15 is 0 Å². The minimum absolute atomic E-state index is 0.111. The zero-order valence-corrected chi connectivity index (χ0v) is 7.82. The van der Waals surface area contributed by atoms with E-state index in [0.717, 1.165) is 11.3 Å². The van der Waals surface area contributed by atoms with Gasteiger partial charge in [-0.15, -0.1) is 0 Å². The molecule has 0 radical (unpaired) electrons. The van der Waals surface area contributed by atoms with Crippen molar-refractivity contribution in [3.8, 4) is 0 Å². The Morgan fingerprint density at radius 1 is 1.62 bits per heavy atom. The lowest BCUT2D eigenvalue weighted by Gasteiger charge is -1.91. The fourth-order valence-corrected chi connectivity index (χ4v) is 1.03. The number of aliphatic hydroxyl groups excluding tert-OH is 1. The number of hydrogen-bond acceptors (Lipinski definition) is 3. The Kier molecular flexibility index (Phi) is 3.46. The van der Waals surface area contributed by atoms with Crippen LogP contribution in [-0.4, -0.2) is 10.3 Å². The molecule has 0 atom stereocenters. The van der Waals surface area contributed by atoms with Gasteiger partial charge in [0.1, 0.15) is 12.3 Å². The Labute approximate surface area is 77.4 Å². The molecule has 0 saturated heterocycles. The van der Waals surface area contributed by atoms with Crippen molar-refractivity contribution >= 4 is 5.57 Å². The molecule has 1 aromatic heterocycles. The van der Waals surface area contributed by atoms with Gasteiger partial charge in [-0.2, -0.15) is 0 Å². The summed E-state index contributed by atoms with van der Waals surface area (Å²) in [5.74, 6) is 0.485. The summed E-state index contributed by atoms with van der Waals surface area (Å²) in [5, 5.41) is 12.6. The van der Waals surface area contributed by atoms with Crippen molar-refractivity contribution in [3.05, 3.63) is 35.7 Å². The lowest BCUT2D eigenvalue weighted by atomic mass is 10.1. The van der Waals surface area contributed by atoms with Crippen LogP contribution < -0.4 is 0 Å². The second kappa shape index (κ2) is 4.62. The molecule has 70 valence electrons. The summed E-state index contributed by atoms with van der Waals surface area (Å²) in [5.41, 5.74) is 1.75. The van der Waals surface area contributed by atoms with Gasteiger partial charge in [-0.05, 0) is 19.4 Å². The molecule has 1 aromatic rings. The largest absolute Gasteiger partial charge is 0.388 e. The average molecular weight is 179 g/mol. The molecule has 0 aliphatic carbocycles. The van der Waals surface area contributed by atoms with Gasteiger partial charge in [0.2, 0.25) is 0 Å². The summed E-state index contributed by atoms with van der Waals surface area (Å²) in [6, 6.07) is 1.73. The Balaban J connectivity index is 2.92. The third kappa shape index (κ3) is 2.29. The van der Waals surface area contributed by atoms with Crippen LogP contribution in [0.1, 0.15) is 25.3 Å². The second-order valence-electron chi connectivity index (χ2n) is 2.58. The summed E-state index contributed by atoms with van der Waals surface area (Å²) in [4.78, 5) is 0. The molecule has 0 saturated carbocycles. The molecule has 1 rings (SSSR count). The maximum Gasteiger partial charge on any atom is 0.162 e. The first kappa shape index (κ1) is 9.74. The van der Waals surface area contributed by atoms with Gasteiger partial charge in [0, 0.05) is 6.07 Å². The quantitative estimate of drug-likeness (QED) is 0.723. The fraction of sp³-hybridized carbons (Fsp3) is 0.300. The van der Waals surface area contributed by atoms with Crippen LogP contribution in [0.15, 0.2) is 28.8 Å². The molecule has 0 fully saturated rings. The van der Waals surface area contributed by atoms with Gasteiger partial charge < -0.3 is 9.63 Å². The van der Waals surface area contributed by atoms with E-state index < -0.39 is 0 Å². The molecule has 3 heteroatoms. The van der Waals surface area contributed by atoms with Crippen LogP contribution in [0.5, 0.6) is 0 Å². The van der Waals surface area contributed by atoms with Crippen molar-refractivity contribution in [2.24, 2.45) is 0 Å². The number of allylic oxidation sites excluding steroid dienone is 4. The van der Waals surface area contributed by atoms with E-state index in [2.05, 4.69) is 5.16 Å². The summed E-state index contributed by atoms with van der Waals surface area (Å²) >= 11 is 0. The van der Waals surface area contributed by atoms with Crippen molar-refractivity contribution < 1.29 is 9.63 Å². The molecule has 13 heavy (non-hydrogen) atoms. The molecule has 0 aromatic carbocycles. The average Bonchev–Trinajstić information content (AvgIpc) is 2.62. The van der Waals surface area contributed by atoms with Gasteiger partial charge in [0.25, 0.3) is 0 Å². The van der Waals surface area contributed by atoms with Crippen molar-refractivity contribution in [2.45, 2.75) is 20.5 Å². The van der Waals surface area contributed by atoms with Crippen molar-refractivity contribution in [1.29, 1.82) is 0 Å². The normalized spacial score (nSPS) is 12.7. The van der Waals surface area contributed by atoms with Crippen LogP contribution in [0.25, 0.3) is 5.57 Å². The minimum atomic E-state index is -0.111. The molecule has 1 heterocycles. The molecular formula is C10H13NO2. The fourth-order valence-electron chi connectivity index (χ4n) is 1.03. The summed E-state index contributed by atoms with van der Waals surface area (Å²) < 4.78 is 4.87. The molecular weight excluding hydrogens is 166 g/mol. The highest BCUT2D eigenvalue weighted by Crippen LogP contribution is 2.15. The van der Waals surface area contributed by atoms with E-state index in [1.165, 1.54) is 0 Å². The van der Waals surface area contributed by atoms with E-state index in [9.17, 15) is 0 Å². The van der Waals surface area contributed by atoms with Crippen molar-refractivity contribution in [1.82, 2.24) is 5.16 Å². The van der Waals surface area contributed by atoms with E-state index in [1.807, 2.05) is 32.1 Å². The first-order valence-corrected chi connectivity index (χ1v) is 4.17. The first-order chi connectivity index (χ1) is 6.31. The zero-order valence-electron chi connectivity index (χ0n) is 7.82. The van der Waals surface area contributed by atoms with Gasteiger partial charge in [0.15, 0.2) is 5.76 Å². The molecule has 0 aliphatic heterocycles. The number of aromatic nitrogens is 1. The highest BCUT2D eigenvalue weighted by atomic mass is 16.5. The van der Waals surface area contributed by atoms with Gasteiger partial charge in [0.05, 0.1) is 0 Å². The molecule has 0 amide bonds. The van der Waals surface area contributed by atoms with E-state index in [4.69, 9.17) is 9.63 Å². The van der Waals surface area contributed by atoms with Crippen molar-refractivity contribution in [3.63, 3.8) is 0 Å². The molecule has 0 spiro atoms. The topological polar surface area (TPSA) is 46.3 Å². The zero-order chi connectivity index (χ0) is 9.68. The van der Waals surface area contributed by atoms with Crippen LogP contribution in [0.4, 0.5) is 0 Å². The molecule has 0 bridgehead atoms. The predicted octanol–water partition coefficient (Wildman–Crippen LogP) is 2.15. The summed E-state index contributed by atoms with van der Waals surface area (Å²) in [6.07, 6.45) is 5.82. The SMILES string of the molecule is C/C=C\C(=C/C)c1cc(CO)on1. The second-order valence-corrected chi connectivity index (χ2v) is 2.58. The number of rotatable bonds is 3. The Hall–Kier alpha value is -1.35. The van der Waals surface area contributed by atoms with Crippen LogP contribution in [0, 0.1) is 0 Å². The van der Waals surface area contributed by atoms with Crippen LogP contribution in [0.3, 0.4) is 0 Å². The molecule has 0 aliphatic rings. The number of hydrogen-bond donors (Lipinski definition) is 1. The molecule has 3 nitrogen and oxygen atoms in total. The minimum Gasteiger partial charge on any atom is -0.388 e. The molecule has 0 unspecified atom stereocenters. The Bertz CT molecular complexity index is 323. The third-order valence-electron chi connectivity index (χ3n) is 1.67. The highest BCUT2D eigenvalue weighted by Gasteiger charge is 2.04. The number of nitrogens with zero attached hydrogens (tertiary/aromatic N) is 1. The first-order valence-electron chi connectivity index (χ1n) is 4.17. The van der Waals surface area contributed by atoms with Gasteiger partial charge in [-0.1, -0.05) is 23.4 Å². The monoisotopic (exact) mass is 179 g/mol. The standard InChI is InChI=1S/C10H13NO2/c1-3-5-8(4-2)10-6-9(7-12)13-11-10/h3-6,12H,7H2,1-2H3/b5-3-,8-4+. The Morgan fingerprint density at radius 3 is 2.85 bits per heavy atom. The smallest absolute Gasteiger partial charge is 0.162 e. The lowest BCUT2D eigenvalue weighted by molar-refractivity contribution is 0.229. The van der Waals surface area contributed by atoms with Gasteiger partial charge in [-0.3, -0.25) is 0 Å². The summed E-state index contributed by atoms with van der Waals surface area (Å²) in [7, 11) is 0. The lowest BCUT2D eigenvalue weighted by Crippen LogP contribution is -1.78. The third-order valence-corrected chi connectivity index (χ3v) is 1.67. The van der Waals surface area contributed by atoms with Crippen molar-refractivity contribution in [2.75, 3.05) is 0 Å². The highest BCUT2D eigenvalue weighted by molar-refractivity contribution is 5.71. The molecule has 1 N–H and O–H groups in total. The predicted molar refractivity (Wildman–Crippen MR) is 50.9 cm³/mol. The van der Waals surface area contributed by atoms with E-state index in [-0.39, 0.29) is 6.61 Å². The van der Waals surface area contributed by atoms with Crippen LogP contribution in [0.2, 0.25) is 0 Å². The maximum absolute atomic E-state index is 8.76. The Morgan fingerprint density at radius 2 is 2.38 bits per heavy atom. The summed E-state index contributed by atoms with van der Waals surface area (Å²) in [6.45, 7) is 3.76. The number of aliphatic hydroxyl groups is 1.